The molecule has 1 N–H and O–H groups in total. The lowest BCUT2D eigenvalue weighted by Gasteiger charge is -2.32. The lowest BCUT2D eigenvalue weighted by atomic mass is 10.1. The summed E-state index contributed by atoms with van der Waals surface area (Å²) in [4.78, 5) is 28.1. The highest BCUT2D eigenvalue weighted by Crippen LogP contribution is 2.28. The van der Waals surface area contributed by atoms with Crippen molar-refractivity contribution in [3.63, 3.8) is 0 Å². The molecule has 24 heavy (non-hydrogen) atoms. The molecule has 3 amide bonds. The number of rotatable bonds is 3. The second-order valence-electron chi connectivity index (χ2n) is 6.53. The molecule has 6 heteroatoms. The van der Waals surface area contributed by atoms with Gasteiger partial charge in [0.15, 0.2) is 0 Å². The van der Waals surface area contributed by atoms with Gasteiger partial charge in [0.2, 0.25) is 5.91 Å². The topological polar surface area (TPSA) is 61.9 Å². The lowest BCUT2D eigenvalue weighted by Crippen LogP contribution is -2.44. The molecule has 2 heterocycles. The quantitative estimate of drug-likeness (QED) is 0.926. The van der Waals surface area contributed by atoms with Gasteiger partial charge >= 0.3 is 6.03 Å². The lowest BCUT2D eigenvalue weighted by molar-refractivity contribution is -0.117. The normalized spacial score (nSPS) is 21.2. The molecule has 1 unspecified atom stereocenters. The van der Waals surface area contributed by atoms with Crippen molar-refractivity contribution in [2.75, 3.05) is 37.0 Å². The van der Waals surface area contributed by atoms with Crippen LogP contribution in [0.3, 0.4) is 0 Å². The highest BCUT2D eigenvalue weighted by atomic mass is 16.5. The van der Waals surface area contributed by atoms with E-state index in [1.54, 1.807) is 12.0 Å². The zero-order valence-electron chi connectivity index (χ0n) is 14.4. The highest BCUT2D eigenvalue weighted by molar-refractivity contribution is 5.97. The zero-order valence-corrected chi connectivity index (χ0v) is 14.4. The van der Waals surface area contributed by atoms with Gasteiger partial charge in [-0.1, -0.05) is 6.07 Å². The molecule has 3 rings (SSSR count). The molecule has 1 aromatic carbocycles. The third-order valence-electron chi connectivity index (χ3n) is 4.82. The molecular weight excluding hydrogens is 306 g/mol. The predicted molar refractivity (Wildman–Crippen MR) is 93.4 cm³/mol. The summed E-state index contributed by atoms with van der Waals surface area (Å²) in [6, 6.07) is 5.62. The number of ether oxygens (including phenoxy) is 1. The largest absolute Gasteiger partial charge is 0.380 e. The van der Waals surface area contributed by atoms with Crippen LogP contribution in [0.25, 0.3) is 0 Å². The van der Waals surface area contributed by atoms with Crippen LogP contribution in [0.1, 0.15) is 31.2 Å². The number of amides is 3. The third-order valence-corrected chi connectivity index (χ3v) is 4.82. The van der Waals surface area contributed by atoms with Crippen molar-refractivity contribution in [3.05, 3.63) is 23.8 Å². The first-order valence-corrected chi connectivity index (χ1v) is 8.58. The van der Waals surface area contributed by atoms with Crippen molar-refractivity contribution in [2.24, 2.45) is 0 Å². The van der Waals surface area contributed by atoms with Gasteiger partial charge in [-0.3, -0.25) is 4.79 Å². The Morgan fingerprint density at radius 2 is 2.12 bits per heavy atom. The first-order valence-electron chi connectivity index (χ1n) is 8.58. The van der Waals surface area contributed by atoms with E-state index in [1.165, 1.54) is 0 Å². The number of carbonyl (C=O) groups excluding carboxylic acids is 2. The Labute approximate surface area is 142 Å². The van der Waals surface area contributed by atoms with Gasteiger partial charge < -0.3 is 19.9 Å². The Balaban J connectivity index is 1.71. The van der Waals surface area contributed by atoms with Crippen molar-refractivity contribution >= 4 is 23.3 Å². The molecule has 2 fully saturated rings. The van der Waals surface area contributed by atoms with Gasteiger partial charge in [-0.15, -0.1) is 0 Å². The summed E-state index contributed by atoms with van der Waals surface area (Å²) in [6.45, 7) is 4.10. The maximum Gasteiger partial charge on any atom is 0.321 e. The van der Waals surface area contributed by atoms with E-state index >= 15 is 0 Å². The number of aryl methyl sites for hydroxylation is 1. The van der Waals surface area contributed by atoms with Crippen LogP contribution in [0.2, 0.25) is 0 Å². The number of nitrogens with one attached hydrogen (secondary N) is 1. The molecule has 0 saturated carbocycles. The summed E-state index contributed by atoms with van der Waals surface area (Å²) in [5, 5.41) is 2.96. The van der Waals surface area contributed by atoms with Crippen LogP contribution < -0.4 is 10.2 Å². The average molecular weight is 331 g/mol. The smallest absolute Gasteiger partial charge is 0.321 e. The first-order chi connectivity index (χ1) is 11.6. The number of urea groups is 1. The number of anilines is 2. The molecule has 130 valence electrons. The third kappa shape index (κ3) is 3.53. The van der Waals surface area contributed by atoms with Crippen LogP contribution in [-0.2, 0) is 9.53 Å². The van der Waals surface area contributed by atoms with Gasteiger partial charge in [-0.05, 0) is 43.9 Å². The molecule has 1 aromatic rings. The standard InChI is InChI=1S/C18H25N3O3/c1-13-7-8-14(11-16(13)21-10-4-6-17(21)22)19-18(23)20-9-3-5-15(12-20)24-2/h7-8,11,15H,3-6,9-10,12H2,1-2H3,(H,19,23). The first kappa shape index (κ1) is 16.8. The van der Waals surface area contributed by atoms with Crippen molar-refractivity contribution in [2.45, 2.75) is 38.7 Å². The molecule has 0 spiro atoms. The summed E-state index contributed by atoms with van der Waals surface area (Å²) in [6.07, 6.45) is 3.54. The molecule has 6 nitrogen and oxygen atoms in total. The Hall–Kier alpha value is -2.08. The summed E-state index contributed by atoms with van der Waals surface area (Å²) in [5.74, 6) is 0.153. The Bertz CT molecular complexity index is 632. The number of hydrogen-bond donors (Lipinski definition) is 1. The van der Waals surface area contributed by atoms with Crippen LogP contribution in [0.4, 0.5) is 16.2 Å². The number of methoxy groups -OCH3 is 1. The molecule has 2 aliphatic heterocycles. The molecule has 1 atom stereocenters. The van der Waals surface area contributed by atoms with E-state index in [0.717, 1.165) is 49.3 Å². The minimum absolute atomic E-state index is 0.111. The number of likely N-dealkylation sites (tertiary alicyclic amines) is 1. The summed E-state index contributed by atoms with van der Waals surface area (Å²) < 4.78 is 5.37. The van der Waals surface area contributed by atoms with E-state index in [2.05, 4.69) is 5.32 Å². The van der Waals surface area contributed by atoms with Gasteiger partial charge in [-0.25, -0.2) is 4.79 Å². The van der Waals surface area contributed by atoms with Crippen molar-refractivity contribution in [1.82, 2.24) is 4.90 Å². The number of piperidine rings is 1. The van der Waals surface area contributed by atoms with E-state index in [-0.39, 0.29) is 18.0 Å². The van der Waals surface area contributed by atoms with Crippen LogP contribution >= 0.6 is 0 Å². The van der Waals surface area contributed by atoms with E-state index in [0.29, 0.717) is 13.0 Å². The van der Waals surface area contributed by atoms with Gasteiger partial charge in [-0.2, -0.15) is 0 Å². The van der Waals surface area contributed by atoms with Gasteiger partial charge in [0, 0.05) is 44.5 Å². The highest BCUT2D eigenvalue weighted by Gasteiger charge is 2.25. The second-order valence-corrected chi connectivity index (χ2v) is 6.53. The predicted octanol–water partition coefficient (Wildman–Crippen LogP) is 2.76. The minimum atomic E-state index is -0.112. The van der Waals surface area contributed by atoms with Gasteiger partial charge in [0.25, 0.3) is 0 Å². The fourth-order valence-corrected chi connectivity index (χ4v) is 3.40. The van der Waals surface area contributed by atoms with Crippen LogP contribution in [-0.4, -0.2) is 49.7 Å². The summed E-state index contributed by atoms with van der Waals surface area (Å²) >= 11 is 0. The Morgan fingerprint density at radius 1 is 1.29 bits per heavy atom. The maximum absolute atomic E-state index is 12.5. The van der Waals surface area contributed by atoms with Crippen molar-refractivity contribution in [3.8, 4) is 0 Å². The number of carbonyl (C=O) groups is 2. The van der Waals surface area contributed by atoms with E-state index in [9.17, 15) is 9.59 Å². The zero-order chi connectivity index (χ0) is 17.1. The second kappa shape index (κ2) is 7.21. The van der Waals surface area contributed by atoms with Crippen molar-refractivity contribution in [1.29, 1.82) is 0 Å². The monoisotopic (exact) mass is 331 g/mol. The molecule has 0 aromatic heterocycles. The van der Waals surface area contributed by atoms with Gasteiger partial charge in [0.05, 0.1) is 6.10 Å². The van der Waals surface area contributed by atoms with E-state index < -0.39 is 0 Å². The maximum atomic E-state index is 12.5. The molecular formula is C18H25N3O3. The molecule has 2 aliphatic rings. The van der Waals surface area contributed by atoms with Crippen LogP contribution in [0, 0.1) is 6.92 Å². The summed E-state index contributed by atoms with van der Waals surface area (Å²) in [7, 11) is 1.69. The SMILES string of the molecule is COC1CCCN(C(=O)Nc2ccc(C)c(N3CCCC3=O)c2)C1. The Kier molecular flexibility index (Phi) is 5.04. The molecule has 2 saturated heterocycles. The van der Waals surface area contributed by atoms with Crippen LogP contribution in [0.5, 0.6) is 0 Å². The van der Waals surface area contributed by atoms with E-state index in [1.807, 2.05) is 30.0 Å². The van der Waals surface area contributed by atoms with Gasteiger partial charge in [0.1, 0.15) is 0 Å². The number of hydrogen-bond acceptors (Lipinski definition) is 3. The number of nitrogens with zero attached hydrogens (tertiary/aromatic N) is 2. The minimum Gasteiger partial charge on any atom is -0.380 e. The summed E-state index contributed by atoms with van der Waals surface area (Å²) in [5.41, 5.74) is 2.66. The molecule has 0 bridgehead atoms. The fourth-order valence-electron chi connectivity index (χ4n) is 3.40. The molecule has 0 radical (unpaired) electrons. The fraction of sp³-hybridized carbons (Fsp3) is 0.556. The van der Waals surface area contributed by atoms with E-state index in [4.69, 9.17) is 4.74 Å². The Morgan fingerprint density at radius 3 is 2.83 bits per heavy atom. The van der Waals surface area contributed by atoms with Crippen LogP contribution in [0.15, 0.2) is 18.2 Å². The average Bonchev–Trinajstić information content (AvgIpc) is 3.02. The molecule has 0 aliphatic carbocycles. The number of benzene rings is 1. The van der Waals surface area contributed by atoms with Crippen molar-refractivity contribution < 1.29 is 14.3 Å².